The molecule has 0 saturated heterocycles. The Labute approximate surface area is 215 Å². The van der Waals surface area contributed by atoms with Gasteiger partial charge in [0.05, 0.1) is 19.1 Å². The standard InChI is InChI=1S/C27H34ClFO7/c1-14-10-19-18-7-6-16-11-17(30)8-9-24(16,3)26(18,29)20(31)12-25(19,4)27(14,21(32)13-28)36-23(34)15(2)22(33)35-5/h8-9,11,14-15,18-20,31H,6-7,10,12-13H2,1-5H3/t14-,15?,18-,19-,20-,24-,25-,26-,27-/m0/s1. The highest BCUT2D eigenvalue weighted by atomic mass is 35.5. The van der Waals surface area contributed by atoms with E-state index in [4.69, 9.17) is 16.3 Å². The van der Waals surface area contributed by atoms with Crippen molar-refractivity contribution < 1.29 is 38.1 Å². The van der Waals surface area contributed by atoms with Crippen LogP contribution in [-0.4, -0.2) is 59.0 Å². The normalized spacial score (nSPS) is 44.0. The molecule has 0 radical (unpaired) electrons. The molecule has 9 atom stereocenters. The number of halogens is 2. The van der Waals surface area contributed by atoms with Crippen molar-refractivity contribution in [1.82, 2.24) is 0 Å². The number of hydrogen-bond donors (Lipinski definition) is 1. The summed E-state index contributed by atoms with van der Waals surface area (Å²) in [5, 5.41) is 11.5. The molecule has 4 aliphatic carbocycles. The molecule has 0 heterocycles. The van der Waals surface area contributed by atoms with E-state index in [-0.39, 0.29) is 12.2 Å². The number of aliphatic hydroxyl groups excluding tert-OH is 1. The first-order valence-corrected chi connectivity index (χ1v) is 13.0. The molecule has 1 N–H and O–H groups in total. The van der Waals surface area contributed by atoms with Gasteiger partial charge in [-0.1, -0.05) is 25.5 Å². The summed E-state index contributed by atoms with van der Waals surface area (Å²) in [5.74, 6) is -5.78. The number of methoxy groups -OCH3 is 1. The van der Waals surface area contributed by atoms with Gasteiger partial charge in [-0.3, -0.25) is 19.2 Å². The summed E-state index contributed by atoms with van der Waals surface area (Å²) < 4.78 is 28.0. The average molecular weight is 525 g/mol. The fourth-order valence-electron chi connectivity index (χ4n) is 8.02. The van der Waals surface area contributed by atoms with E-state index in [1.54, 1.807) is 26.8 Å². The second-order valence-electron chi connectivity index (χ2n) is 11.4. The van der Waals surface area contributed by atoms with Crippen LogP contribution in [0.2, 0.25) is 0 Å². The number of rotatable bonds is 5. The van der Waals surface area contributed by atoms with Crippen molar-refractivity contribution in [3.63, 3.8) is 0 Å². The van der Waals surface area contributed by atoms with Gasteiger partial charge in [-0.15, -0.1) is 11.6 Å². The molecule has 0 aliphatic heterocycles. The zero-order chi connectivity index (χ0) is 26.8. The lowest BCUT2D eigenvalue weighted by atomic mass is 9.44. The Bertz CT molecular complexity index is 1070. The summed E-state index contributed by atoms with van der Waals surface area (Å²) in [6.45, 7) is 6.58. The number of Topliss-reactive ketones (excluding diaryl/α,β-unsaturated/α-hetero) is 1. The van der Waals surface area contributed by atoms with E-state index < -0.39 is 75.5 Å². The van der Waals surface area contributed by atoms with Gasteiger partial charge in [-0.2, -0.15) is 0 Å². The lowest BCUT2D eigenvalue weighted by Gasteiger charge is -2.62. The molecule has 0 aromatic heterocycles. The van der Waals surface area contributed by atoms with E-state index in [0.29, 0.717) is 24.8 Å². The van der Waals surface area contributed by atoms with E-state index in [1.807, 2.05) is 0 Å². The molecule has 4 rings (SSSR count). The monoisotopic (exact) mass is 524 g/mol. The first-order chi connectivity index (χ1) is 16.7. The predicted molar refractivity (Wildman–Crippen MR) is 129 cm³/mol. The topological polar surface area (TPSA) is 107 Å². The number of hydrogen-bond acceptors (Lipinski definition) is 7. The second kappa shape index (κ2) is 8.76. The SMILES string of the molecule is COC(=O)C(C)C(=O)O[C@]1(C(=O)CCl)[C@@H](C)C[C@H]2[C@@H]3CCC4=CC(=O)C=C[C@]4(C)[C@@]3(F)[C@@H](O)C[C@@]21C. The molecule has 0 amide bonds. The molecule has 1 unspecified atom stereocenters. The molecule has 0 aromatic rings. The molecular formula is C27H34ClFO7. The summed E-state index contributed by atoms with van der Waals surface area (Å²) >= 11 is 6.04. The average Bonchev–Trinajstić information content (AvgIpc) is 3.05. The van der Waals surface area contributed by atoms with Crippen LogP contribution in [0.1, 0.15) is 53.4 Å². The molecule has 0 bridgehead atoms. The summed E-state index contributed by atoms with van der Waals surface area (Å²) in [7, 11) is 1.15. The Morgan fingerprint density at radius 3 is 2.53 bits per heavy atom. The fourth-order valence-corrected chi connectivity index (χ4v) is 8.22. The third-order valence-corrected chi connectivity index (χ3v) is 10.1. The number of allylic oxidation sites excluding steroid dienone is 4. The maximum Gasteiger partial charge on any atom is 0.321 e. The summed E-state index contributed by atoms with van der Waals surface area (Å²) in [6.07, 6.45) is 3.96. The molecule has 0 spiro atoms. The van der Waals surface area contributed by atoms with E-state index in [2.05, 4.69) is 4.74 Å². The lowest BCUT2D eigenvalue weighted by molar-refractivity contribution is -0.228. The quantitative estimate of drug-likeness (QED) is 0.333. The fraction of sp³-hybridized carbons (Fsp3) is 0.704. The van der Waals surface area contributed by atoms with Gasteiger partial charge in [0.1, 0.15) is 0 Å². The van der Waals surface area contributed by atoms with Crippen molar-refractivity contribution in [1.29, 1.82) is 0 Å². The maximum absolute atomic E-state index is 17.3. The van der Waals surface area contributed by atoms with Gasteiger partial charge in [-0.05, 0) is 57.6 Å². The maximum atomic E-state index is 17.3. The van der Waals surface area contributed by atoms with E-state index in [0.717, 1.165) is 7.11 Å². The van der Waals surface area contributed by atoms with Gasteiger partial charge in [-0.25, -0.2) is 4.39 Å². The molecule has 36 heavy (non-hydrogen) atoms. The Morgan fingerprint density at radius 2 is 1.92 bits per heavy atom. The number of aliphatic hydroxyl groups is 1. The highest BCUT2D eigenvalue weighted by Crippen LogP contribution is 2.71. The number of carbonyl (C=O) groups is 4. The summed E-state index contributed by atoms with van der Waals surface area (Å²) in [4.78, 5) is 50.7. The minimum Gasteiger partial charge on any atom is -0.468 e. The van der Waals surface area contributed by atoms with Crippen LogP contribution in [0.3, 0.4) is 0 Å². The molecular weight excluding hydrogens is 491 g/mol. The van der Waals surface area contributed by atoms with Crippen molar-refractivity contribution >= 4 is 35.1 Å². The zero-order valence-electron chi connectivity index (χ0n) is 21.3. The molecule has 7 nitrogen and oxygen atoms in total. The van der Waals surface area contributed by atoms with Crippen molar-refractivity contribution in [3.05, 3.63) is 23.8 Å². The number of esters is 2. The van der Waals surface area contributed by atoms with Crippen LogP contribution in [0.5, 0.6) is 0 Å². The molecule has 4 aliphatic rings. The van der Waals surface area contributed by atoms with E-state index in [9.17, 15) is 24.3 Å². The third-order valence-electron chi connectivity index (χ3n) is 9.89. The van der Waals surface area contributed by atoms with Crippen LogP contribution in [0, 0.1) is 34.5 Å². The number of carbonyl (C=O) groups excluding carboxylic acids is 4. The van der Waals surface area contributed by atoms with Gasteiger partial charge in [0.25, 0.3) is 0 Å². The Morgan fingerprint density at radius 1 is 1.25 bits per heavy atom. The summed E-state index contributed by atoms with van der Waals surface area (Å²) in [5.41, 5.74) is -5.47. The van der Waals surface area contributed by atoms with Gasteiger partial charge < -0.3 is 14.6 Å². The van der Waals surface area contributed by atoms with Gasteiger partial charge >= 0.3 is 11.9 Å². The molecule has 9 heteroatoms. The third kappa shape index (κ3) is 3.25. The van der Waals surface area contributed by atoms with Gasteiger partial charge in [0.2, 0.25) is 0 Å². The van der Waals surface area contributed by atoms with E-state index in [1.165, 1.54) is 19.1 Å². The molecule has 3 saturated carbocycles. The van der Waals surface area contributed by atoms with Gasteiger partial charge in [0.15, 0.2) is 28.8 Å². The largest absolute Gasteiger partial charge is 0.468 e. The molecule has 198 valence electrons. The first kappa shape index (κ1) is 27.0. The van der Waals surface area contributed by atoms with Crippen molar-refractivity contribution in [2.24, 2.45) is 34.5 Å². The summed E-state index contributed by atoms with van der Waals surface area (Å²) in [6, 6.07) is 0. The minimum atomic E-state index is -2.08. The van der Waals surface area contributed by atoms with Crippen LogP contribution >= 0.6 is 11.6 Å². The van der Waals surface area contributed by atoms with Gasteiger partial charge in [0, 0.05) is 22.7 Å². The van der Waals surface area contributed by atoms with Crippen molar-refractivity contribution in [3.8, 4) is 0 Å². The number of ether oxygens (including phenoxy) is 2. The van der Waals surface area contributed by atoms with Crippen LogP contribution in [0.15, 0.2) is 23.8 Å². The van der Waals surface area contributed by atoms with Crippen LogP contribution in [0.25, 0.3) is 0 Å². The van der Waals surface area contributed by atoms with Crippen LogP contribution in [0.4, 0.5) is 4.39 Å². The van der Waals surface area contributed by atoms with Crippen LogP contribution < -0.4 is 0 Å². The Hall–Kier alpha value is -2.06. The number of alkyl halides is 2. The molecule has 3 fully saturated rings. The molecule has 0 aromatic carbocycles. The first-order valence-electron chi connectivity index (χ1n) is 12.5. The Balaban J connectivity index is 1.81. The Kier molecular flexibility index (Phi) is 6.57. The van der Waals surface area contributed by atoms with Crippen LogP contribution in [-0.2, 0) is 28.7 Å². The second-order valence-corrected chi connectivity index (χ2v) is 11.6. The lowest BCUT2D eigenvalue weighted by Crippen LogP contribution is -2.70. The highest BCUT2D eigenvalue weighted by Gasteiger charge is 2.77. The highest BCUT2D eigenvalue weighted by molar-refractivity contribution is 6.29. The number of ketones is 2. The zero-order valence-corrected chi connectivity index (χ0v) is 22.1. The smallest absolute Gasteiger partial charge is 0.321 e. The van der Waals surface area contributed by atoms with Crippen molar-refractivity contribution in [2.45, 2.75) is 70.8 Å². The van der Waals surface area contributed by atoms with Crippen molar-refractivity contribution in [2.75, 3.05) is 13.0 Å². The minimum absolute atomic E-state index is 0.151. The predicted octanol–water partition coefficient (Wildman–Crippen LogP) is 3.50. The number of fused-ring (bicyclic) bond motifs is 5. The van der Waals surface area contributed by atoms with E-state index >= 15 is 4.39 Å².